The van der Waals surface area contributed by atoms with Crippen LogP contribution in [-0.2, 0) is 16.0 Å². The lowest BCUT2D eigenvalue weighted by Gasteiger charge is -2.38. The van der Waals surface area contributed by atoms with Gasteiger partial charge in [-0.25, -0.2) is 8.78 Å². The van der Waals surface area contributed by atoms with E-state index in [1.807, 2.05) is 0 Å². The molecule has 1 heterocycles. The average molecular weight is 335 g/mol. The van der Waals surface area contributed by atoms with Crippen LogP contribution in [0.2, 0.25) is 0 Å². The minimum atomic E-state index is -0.569. The van der Waals surface area contributed by atoms with Crippen LogP contribution >= 0.6 is 12.4 Å². The van der Waals surface area contributed by atoms with E-state index in [1.54, 1.807) is 12.0 Å². The molecule has 2 unspecified atom stereocenters. The second-order valence-electron chi connectivity index (χ2n) is 5.27. The molecule has 1 aliphatic heterocycles. The number of amides is 1. The van der Waals surface area contributed by atoms with Crippen LogP contribution in [0.5, 0.6) is 0 Å². The molecule has 2 rings (SSSR count). The van der Waals surface area contributed by atoms with Gasteiger partial charge in [0.15, 0.2) is 0 Å². The summed E-state index contributed by atoms with van der Waals surface area (Å²) in [6.45, 7) is 0.855. The molecule has 1 saturated heterocycles. The topological polar surface area (TPSA) is 55.6 Å². The molecule has 0 aromatic heterocycles. The van der Waals surface area contributed by atoms with E-state index in [0.29, 0.717) is 19.5 Å². The van der Waals surface area contributed by atoms with Crippen LogP contribution in [-0.4, -0.2) is 43.2 Å². The Balaban J connectivity index is 0.00000242. The second-order valence-corrected chi connectivity index (χ2v) is 5.27. The lowest BCUT2D eigenvalue weighted by atomic mass is 9.98. The summed E-state index contributed by atoms with van der Waals surface area (Å²) in [5, 5.41) is 0. The Morgan fingerprint density at radius 2 is 2.18 bits per heavy atom. The number of rotatable bonds is 4. The van der Waals surface area contributed by atoms with E-state index >= 15 is 0 Å². The molecule has 1 aromatic carbocycles. The third-order valence-electron chi connectivity index (χ3n) is 3.94. The maximum absolute atomic E-state index is 13.6. The fourth-order valence-electron chi connectivity index (χ4n) is 2.72. The lowest BCUT2D eigenvalue weighted by Crippen LogP contribution is -2.51. The molecule has 1 amide bonds. The van der Waals surface area contributed by atoms with Gasteiger partial charge in [0, 0.05) is 31.8 Å². The fraction of sp³-hybridized carbons (Fsp3) is 0.533. The molecule has 1 aromatic rings. The number of ether oxygens (including phenoxy) is 1. The smallest absolute Gasteiger partial charge is 0.227 e. The third-order valence-corrected chi connectivity index (χ3v) is 3.94. The molecule has 0 aliphatic carbocycles. The average Bonchev–Trinajstić information content (AvgIpc) is 2.50. The van der Waals surface area contributed by atoms with Crippen molar-refractivity contribution in [2.75, 3.05) is 20.2 Å². The van der Waals surface area contributed by atoms with Gasteiger partial charge in [0.1, 0.15) is 11.6 Å². The van der Waals surface area contributed by atoms with Gasteiger partial charge < -0.3 is 15.4 Å². The van der Waals surface area contributed by atoms with Crippen LogP contribution in [0, 0.1) is 11.6 Å². The van der Waals surface area contributed by atoms with Crippen LogP contribution in [0.25, 0.3) is 0 Å². The molecular formula is C15H21ClF2N2O2. The fourth-order valence-corrected chi connectivity index (χ4v) is 2.72. The number of piperidine rings is 1. The number of nitrogens with zero attached hydrogens (tertiary/aromatic N) is 1. The van der Waals surface area contributed by atoms with Crippen molar-refractivity contribution in [3.8, 4) is 0 Å². The number of carbonyl (C=O) groups excluding carboxylic acids is 1. The monoisotopic (exact) mass is 334 g/mol. The molecule has 22 heavy (non-hydrogen) atoms. The van der Waals surface area contributed by atoms with Gasteiger partial charge in [-0.1, -0.05) is 0 Å². The molecule has 0 spiro atoms. The number of halogens is 3. The number of carbonyl (C=O) groups is 1. The molecule has 0 radical (unpaired) electrons. The Hall–Kier alpha value is -1.24. The van der Waals surface area contributed by atoms with Gasteiger partial charge in [-0.05, 0) is 31.0 Å². The van der Waals surface area contributed by atoms with Gasteiger partial charge >= 0.3 is 0 Å². The summed E-state index contributed by atoms with van der Waals surface area (Å²) in [5.41, 5.74) is 5.79. The largest absolute Gasteiger partial charge is 0.381 e. The minimum absolute atomic E-state index is 0. The van der Waals surface area contributed by atoms with Crippen molar-refractivity contribution in [1.82, 2.24) is 4.90 Å². The van der Waals surface area contributed by atoms with E-state index < -0.39 is 11.6 Å². The summed E-state index contributed by atoms with van der Waals surface area (Å²) in [4.78, 5) is 14.0. The molecule has 1 aliphatic rings. The molecule has 124 valence electrons. The third kappa shape index (κ3) is 4.38. The Morgan fingerprint density at radius 1 is 1.45 bits per heavy atom. The Kier molecular flexibility index (Phi) is 7.19. The summed E-state index contributed by atoms with van der Waals surface area (Å²) in [6, 6.07) is 3.02. The van der Waals surface area contributed by atoms with E-state index in [2.05, 4.69) is 0 Å². The Labute approximate surface area is 135 Å². The first-order chi connectivity index (χ1) is 10.0. The van der Waals surface area contributed by atoms with Gasteiger partial charge in [0.25, 0.3) is 0 Å². The number of benzene rings is 1. The summed E-state index contributed by atoms with van der Waals surface area (Å²) >= 11 is 0. The van der Waals surface area contributed by atoms with Gasteiger partial charge in [-0.2, -0.15) is 0 Å². The van der Waals surface area contributed by atoms with Crippen molar-refractivity contribution < 1.29 is 18.3 Å². The first kappa shape index (κ1) is 18.8. The van der Waals surface area contributed by atoms with Gasteiger partial charge in [0.05, 0.1) is 12.5 Å². The molecule has 0 saturated carbocycles. The van der Waals surface area contributed by atoms with Crippen LogP contribution in [0.1, 0.15) is 18.4 Å². The van der Waals surface area contributed by atoms with E-state index in [0.717, 1.165) is 24.6 Å². The normalized spacial score (nSPS) is 21.4. The predicted molar refractivity (Wildman–Crippen MR) is 81.9 cm³/mol. The standard InChI is InChI=1S/C15H20F2N2O2.ClH/c1-21-13-4-5-19(12(8-13)9-18)15(20)7-10-6-11(16)2-3-14(10)17;/h2-3,6,12-13H,4-5,7-9,18H2,1H3;1H. The van der Waals surface area contributed by atoms with Crippen LogP contribution < -0.4 is 5.73 Å². The molecule has 1 fully saturated rings. The van der Waals surface area contributed by atoms with E-state index in [4.69, 9.17) is 10.5 Å². The SMILES string of the molecule is COC1CCN(C(=O)Cc2cc(F)ccc2F)C(CN)C1.Cl. The van der Waals surface area contributed by atoms with Gasteiger partial charge in [0.2, 0.25) is 5.91 Å². The van der Waals surface area contributed by atoms with E-state index in [1.165, 1.54) is 0 Å². The first-order valence-corrected chi connectivity index (χ1v) is 7.01. The van der Waals surface area contributed by atoms with Crippen molar-refractivity contribution in [3.63, 3.8) is 0 Å². The van der Waals surface area contributed by atoms with Crippen LogP contribution in [0.4, 0.5) is 8.78 Å². The number of methoxy groups -OCH3 is 1. The van der Waals surface area contributed by atoms with Gasteiger partial charge in [-0.3, -0.25) is 4.79 Å². The maximum Gasteiger partial charge on any atom is 0.227 e. The Morgan fingerprint density at radius 3 is 2.82 bits per heavy atom. The number of hydrogen-bond donors (Lipinski definition) is 1. The quantitative estimate of drug-likeness (QED) is 0.915. The van der Waals surface area contributed by atoms with Crippen molar-refractivity contribution >= 4 is 18.3 Å². The molecule has 2 atom stereocenters. The maximum atomic E-state index is 13.6. The number of likely N-dealkylation sites (tertiary alicyclic amines) is 1. The summed E-state index contributed by atoms with van der Waals surface area (Å²) in [6.07, 6.45) is 1.33. The summed E-state index contributed by atoms with van der Waals surface area (Å²) in [5.74, 6) is -1.35. The van der Waals surface area contributed by atoms with E-state index in [-0.39, 0.29) is 42.4 Å². The summed E-state index contributed by atoms with van der Waals surface area (Å²) in [7, 11) is 1.64. The predicted octanol–water partition coefficient (Wildman–Crippen LogP) is 1.89. The lowest BCUT2D eigenvalue weighted by molar-refractivity contribution is -0.136. The Bertz CT molecular complexity index is 516. The highest BCUT2D eigenvalue weighted by atomic mass is 35.5. The first-order valence-electron chi connectivity index (χ1n) is 7.01. The minimum Gasteiger partial charge on any atom is -0.381 e. The zero-order chi connectivity index (χ0) is 15.4. The number of nitrogens with two attached hydrogens (primary N) is 1. The highest BCUT2D eigenvalue weighted by Gasteiger charge is 2.30. The highest BCUT2D eigenvalue weighted by Crippen LogP contribution is 2.21. The van der Waals surface area contributed by atoms with Crippen molar-refractivity contribution in [2.24, 2.45) is 5.73 Å². The molecule has 4 nitrogen and oxygen atoms in total. The van der Waals surface area contributed by atoms with Crippen molar-refractivity contribution in [3.05, 3.63) is 35.4 Å². The zero-order valence-electron chi connectivity index (χ0n) is 12.4. The van der Waals surface area contributed by atoms with Crippen LogP contribution in [0.15, 0.2) is 18.2 Å². The molecule has 0 bridgehead atoms. The molecule has 7 heteroatoms. The zero-order valence-corrected chi connectivity index (χ0v) is 13.2. The van der Waals surface area contributed by atoms with Crippen molar-refractivity contribution in [1.29, 1.82) is 0 Å². The summed E-state index contributed by atoms with van der Waals surface area (Å²) < 4.78 is 32.1. The van der Waals surface area contributed by atoms with Crippen LogP contribution in [0.3, 0.4) is 0 Å². The van der Waals surface area contributed by atoms with E-state index in [9.17, 15) is 13.6 Å². The highest BCUT2D eigenvalue weighted by molar-refractivity contribution is 5.85. The number of hydrogen-bond acceptors (Lipinski definition) is 3. The van der Waals surface area contributed by atoms with Crippen molar-refractivity contribution in [2.45, 2.75) is 31.4 Å². The van der Waals surface area contributed by atoms with Gasteiger partial charge in [-0.15, -0.1) is 12.4 Å². The second kappa shape index (κ2) is 8.41. The molecular weight excluding hydrogens is 314 g/mol. The molecule has 2 N–H and O–H groups in total.